The van der Waals surface area contributed by atoms with Crippen molar-refractivity contribution in [3.05, 3.63) is 41.5 Å². The summed E-state index contributed by atoms with van der Waals surface area (Å²) in [6, 6.07) is 7.51. The number of aliphatic hydroxyl groups is 1. The van der Waals surface area contributed by atoms with Crippen molar-refractivity contribution < 1.29 is 19.1 Å². The molecule has 1 aromatic heterocycles. The molecule has 0 aliphatic heterocycles. The fraction of sp³-hybridized carbons (Fsp3) is 0.385. The van der Waals surface area contributed by atoms with Crippen LogP contribution in [0.2, 0.25) is 0 Å². The monoisotopic (exact) mass is 264 g/mol. The first kappa shape index (κ1) is 13.5. The van der Waals surface area contributed by atoms with Crippen molar-refractivity contribution in [3.8, 4) is 5.75 Å². The van der Waals surface area contributed by atoms with Gasteiger partial charge < -0.3 is 19.1 Å². The fourth-order valence-electron chi connectivity index (χ4n) is 1.56. The highest BCUT2D eigenvalue weighted by Crippen LogP contribution is 2.14. The van der Waals surface area contributed by atoms with Crippen LogP contribution < -0.4 is 4.74 Å². The number of rotatable bonds is 7. The van der Waals surface area contributed by atoms with Crippen molar-refractivity contribution in [2.75, 3.05) is 13.7 Å². The third-order valence-corrected chi connectivity index (χ3v) is 2.47. The van der Waals surface area contributed by atoms with Crippen LogP contribution in [0.1, 0.15) is 17.3 Å². The summed E-state index contributed by atoms with van der Waals surface area (Å²) in [7, 11) is 1.57. The fourth-order valence-corrected chi connectivity index (χ4v) is 1.56. The van der Waals surface area contributed by atoms with Crippen LogP contribution in [0.3, 0.4) is 0 Å². The van der Waals surface area contributed by atoms with Gasteiger partial charge >= 0.3 is 0 Å². The molecule has 0 saturated carbocycles. The van der Waals surface area contributed by atoms with E-state index in [0.717, 1.165) is 5.56 Å². The predicted octanol–water partition coefficient (Wildman–Crippen LogP) is 1.33. The molecule has 6 heteroatoms. The lowest BCUT2D eigenvalue weighted by molar-refractivity contribution is 0.174. The molecule has 2 rings (SSSR count). The van der Waals surface area contributed by atoms with Gasteiger partial charge in [0.15, 0.2) is 12.4 Å². The van der Waals surface area contributed by atoms with Crippen molar-refractivity contribution >= 4 is 0 Å². The van der Waals surface area contributed by atoms with Gasteiger partial charge in [0.05, 0.1) is 0 Å². The maximum atomic E-state index is 8.82. The molecule has 0 unspecified atom stereocenters. The first-order valence-electron chi connectivity index (χ1n) is 5.95. The Kier molecular flexibility index (Phi) is 4.88. The first-order valence-corrected chi connectivity index (χ1v) is 5.95. The number of aliphatic hydroxyl groups excluding tert-OH is 1. The highest BCUT2D eigenvalue weighted by atomic mass is 16.5. The molecular formula is C13H16N2O4. The zero-order valence-electron chi connectivity index (χ0n) is 10.7. The van der Waals surface area contributed by atoms with Gasteiger partial charge in [-0.3, -0.25) is 0 Å². The summed E-state index contributed by atoms with van der Waals surface area (Å²) in [6.45, 7) is 0.680. The second-order valence-corrected chi connectivity index (χ2v) is 3.94. The lowest BCUT2D eigenvalue weighted by Gasteiger charge is -2.04. The van der Waals surface area contributed by atoms with Gasteiger partial charge in [0, 0.05) is 13.7 Å². The topological polar surface area (TPSA) is 77.6 Å². The number of hydrogen-bond donors (Lipinski definition) is 1. The summed E-state index contributed by atoms with van der Waals surface area (Å²) in [5.74, 6) is 1.62. The van der Waals surface area contributed by atoms with Crippen LogP contribution in [0.25, 0.3) is 0 Å². The molecule has 0 amide bonds. The van der Waals surface area contributed by atoms with Crippen molar-refractivity contribution in [2.45, 2.75) is 19.6 Å². The van der Waals surface area contributed by atoms with E-state index in [2.05, 4.69) is 10.1 Å². The van der Waals surface area contributed by atoms with E-state index in [1.165, 1.54) is 0 Å². The van der Waals surface area contributed by atoms with Crippen LogP contribution in [0.5, 0.6) is 5.75 Å². The van der Waals surface area contributed by atoms with E-state index in [0.29, 0.717) is 30.5 Å². The van der Waals surface area contributed by atoms with E-state index < -0.39 is 0 Å². The lowest BCUT2D eigenvalue weighted by atomic mass is 10.1. The van der Waals surface area contributed by atoms with Crippen molar-refractivity contribution in [3.63, 3.8) is 0 Å². The van der Waals surface area contributed by atoms with Crippen LogP contribution in [0, 0.1) is 0 Å². The molecule has 1 heterocycles. The van der Waals surface area contributed by atoms with Gasteiger partial charge in [-0.25, -0.2) is 0 Å². The number of methoxy groups -OCH3 is 1. The number of hydrogen-bond acceptors (Lipinski definition) is 6. The van der Waals surface area contributed by atoms with Gasteiger partial charge in [0.2, 0.25) is 0 Å². The number of nitrogens with zero attached hydrogens (tertiary/aromatic N) is 2. The minimum atomic E-state index is 0.143. The molecule has 0 bridgehead atoms. The van der Waals surface area contributed by atoms with Crippen LogP contribution in [0.15, 0.2) is 28.8 Å². The Labute approximate surface area is 111 Å². The zero-order chi connectivity index (χ0) is 13.5. The molecule has 6 nitrogen and oxygen atoms in total. The number of ether oxygens (including phenoxy) is 2. The molecule has 2 aromatic rings. The second-order valence-electron chi connectivity index (χ2n) is 3.94. The molecular weight excluding hydrogens is 248 g/mol. The average molecular weight is 264 g/mol. The highest BCUT2D eigenvalue weighted by molar-refractivity contribution is 5.27. The van der Waals surface area contributed by atoms with Crippen molar-refractivity contribution in [1.29, 1.82) is 0 Å². The Bertz CT molecular complexity index is 496. The highest BCUT2D eigenvalue weighted by Gasteiger charge is 2.06. The summed E-state index contributed by atoms with van der Waals surface area (Å²) >= 11 is 0. The Morgan fingerprint density at radius 2 is 2.00 bits per heavy atom. The Hall–Kier alpha value is -1.92. The Morgan fingerprint density at radius 3 is 2.68 bits per heavy atom. The van der Waals surface area contributed by atoms with Crippen LogP contribution >= 0.6 is 0 Å². The molecule has 0 aliphatic carbocycles. The maximum absolute atomic E-state index is 8.82. The molecule has 0 radical (unpaired) electrons. The van der Waals surface area contributed by atoms with E-state index >= 15 is 0 Å². The van der Waals surface area contributed by atoms with E-state index in [4.69, 9.17) is 19.1 Å². The minimum Gasteiger partial charge on any atom is -0.484 e. The van der Waals surface area contributed by atoms with Gasteiger partial charge in [0.1, 0.15) is 12.4 Å². The van der Waals surface area contributed by atoms with E-state index in [1.807, 2.05) is 24.3 Å². The molecule has 0 saturated heterocycles. The molecule has 0 aliphatic rings. The molecule has 0 fully saturated rings. The standard InChI is InChI=1S/C13H16N2O4/c1-17-8-12-14-13(19-15-12)9-18-11-4-2-10(3-5-11)6-7-16/h2-5,16H,6-9H2,1H3. The maximum Gasteiger partial charge on any atom is 0.264 e. The molecule has 102 valence electrons. The third-order valence-electron chi connectivity index (χ3n) is 2.47. The first-order chi connectivity index (χ1) is 9.31. The van der Waals surface area contributed by atoms with E-state index in [9.17, 15) is 0 Å². The summed E-state index contributed by atoms with van der Waals surface area (Å²) in [6.07, 6.45) is 0.643. The summed E-state index contributed by atoms with van der Waals surface area (Å²) in [5, 5.41) is 12.6. The van der Waals surface area contributed by atoms with E-state index in [-0.39, 0.29) is 13.2 Å². The van der Waals surface area contributed by atoms with Crippen molar-refractivity contribution in [1.82, 2.24) is 10.1 Å². The largest absolute Gasteiger partial charge is 0.484 e. The SMILES string of the molecule is COCc1noc(COc2ccc(CCO)cc2)n1. The third kappa shape index (κ3) is 4.04. The van der Waals surface area contributed by atoms with Gasteiger partial charge in [0.25, 0.3) is 5.89 Å². The Morgan fingerprint density at radius 1 is 1.21 bits per heavy atom. The zero-order valence-corrected chi connectivity index (χ0v) is 10.7. The van der Waals surface area contributed by atoms with Gasteiger partial charge in [-0.1, -0.05) is 17.3 Å². The smallest absolute Gasteiger partial charge is 0.264 e. The van der Waals surface area contributed by atoms with Crippen LogP contribution in [-0.2, 0) is 24.4 Å². The van der Waals surface area contributed by atoms with Gasteiger partial charge in [-0.15, -0.1) is 0 Å². The molecule has 0 spiro atoms. The van der Waals surface area contributed by atoms with Crippen LogP contribution in [0.4, 0.5) is 0 Å². The van der Waals surface area contributed by atoms with E-state index in [1.54, 1.807) is 7.11 Å². The summed E-state index contributed by atoms with van der Waals surface area (Å²) < 4.78 is 15.4. The molecule has 0 atom stereocenters. The summed E-state index contributed by atoms with van der Waals surface area (Å²) in [4.78, 5) is 4.10. The Balaban J connectivity index is 1.86. The average Bonchev–Trinajstić information content (AvgIpc) is 2.87. The number of aromatic nitrogens is 2. The van der Waals surface area contributed by atoms with Gasteiger partial charge in [-0.05, 0) is 24.1 Å². The predicted molar refractivity (Wildman–Crippen MR) is 66.6 cm³/mol. The van der Waals surface area contributed by atoms with Gasteiger partial charge in [-0.2, -0.15) is 4.98 Å². The minimum absolute atomic E-state index is 0.143. The number of benzene rings is 1. The molecule has 1 aromatic carbocycles. The molecule has 19 heavy (non-hydrogen) atoms. The normalized spacial score (nSPS) is 10.6. The quantitative estimate of drug-likeness (QED) is 0.813. The molecule has 1 N–H and O–H groups in total. The van der Waals surface area contributed by atoms with Crippen molar-refractivity contribution in [2.24, 2.45) is 0 Å². The summed E-state index contributed by atoms with van der Waals surface area (Å²) in [5.41, 5.74) is 1.06. The second kappa shape index (κ2) is 6.86. The lowest BCUT2D eigenvalue weighted by Crippen LogP contribution is -1.97. The van der Waals surface area contributed by atoms with Crippen LogP contribution in [-0.4, -0.2) is 29.0 Å².